The van der Waals surface area contributed by atoms with Crippen LogP contribution in [0.5, 0.6) is 0 Å². The molecule has 0 spiro atoms. The first kappa shape index (κ1) is 19.0. The first-order chi connectivity index (χ1) is 1.00. The monoisotopic (exact) mass is 78.0 g/mol. The number of nitrogens with zero attached hydrogens (tertiary/aromatic N) is 1. The molecule has 0 rings (SSSR count). The Balaban J connectivity index is -0.00000000167. The van der Waals surface area contributed by atoms with Crippen LogP contribution in [0.1, 0.15) is 1.43 Å². The fourth-order valence-corrected chi connectivity index (χ4v) is 0. The van der Waals surface area contributed by atoms with E-state index in [-0.39, 0.29) is 61.2 Å². The number of hydrogen-bond acceptors (Lipinski definition) is 1. The van der Waals surface area contributed by atoms with Crippen LogP contribution in [0.15, 0.2) is 0 Å². The van der Waals surface area contributed by atoms with Gasteiger partial charge < -0.3 is 1.43 Å². The van der Waals surface area contributed by atoms with Gasteiger partial charge in [-0.25, -0.2) is 5.26 Å². The predicted molar refractivity (Wildman–Crippen MR) is 13.5 cm³/mol. The maximum Gasteiger partial charge on any atom is 1.00 e. The van der Waals surface area contributed by atoms with Gasteiger partial charge in [0, 0.05) is 15.0 Å². The van der Waals surface area contributed by atoms with Crippen molar-refractivity contribution in [3.05, 3.63) is 0 Å². The largest absolute Gasteiger partial charge is 1.00 e. The second-order valence-electron chi connectivity index (χ2n) is 0. The van der Waals surface area contributed by atoms with Gasteiger partial charge in [0.15, 0.2) is 0 Å². The smallest absolute Gasteiger partial charge is 1.00 e. The molecular formula is CH2BKN. The van der Waals surface area contributed by atoms with Crippen molar-refractivity contribution < 1.29 is 52.8 Å². The maximum absolute atomic E-state index is 6.50. The molecule has 0 aromatic carbocycles. The first-order valence-electron chi connectivity index (χ1n) is 0.258. The Kier molecular flexibility index (Phi) is 143. The van der Waals surface area contributed by atoms with Gasteiger partial charge in [-0.1, -0.05) is 0 Å². The minimum Gasteiger partial charge on any atom is -1.00 e. The van der Waals surface area contributed by atoms with E-state index in [2.05, 4.69) is 6.57 Å². The van der Waals surface area contributed by atoms with Gasteiger partial charge in [0.25, 0.3) is 0 Å². The van der Waals surface area contributed by atoms with Crippen molar-refractivity contribution in [2.45, 2.75) is 0 Å². The Morgan fingerprint density at radius 1 is 1.50 bits per heavy atom. The van der Waals surface area contributed by atoms with Crippen molar-refractivity contribution in [2.24, 2.45) is 0 Å². The standard InChI is InChI=1S/CHN.B.K.H/c1-2;;;/h1H;;;/q;;+1;-1. The Bertz CT molecular complexity index is 16.4. The van der Waals surface area contributed by atoms with E-state index in [4.69, 9.17) is 5.26 Å². The molecule has 0 N–H and O–H groups in total. The molecule has 0 fully saturated rings. The van der Waals surface area contributed by atoms with Gasteiger partial charge in [-0.15, -0.1) is 0 Å². The van der Waals surface area contributed by atoms with Gasteiger partial charge >= 0.3 is 51.4 Å². The SMILES string of the molecule is C#N.[B].[H-].[K+]. The first-order valence-corrected chi connectivity index (χ1v) is 0.258. The van der Waals surface area contributed by atoms with Crippen molar-refractivity contribution in [1.29, 1.82) is 5.26 Å². The van der Waals surface area contributed by atoms with Crippen LogP contribution >= 0.6 is 0 Å². The number of nitriles is 1. The summed E-state index contributed by atoms with van der Waals surface area (Å²) in [7, 11) is 0. The molecule has 0 aliphatic carbocycles. The molecule has 0 saturated carbocycles. The van der Waals surface area contributed by atoms with Gasteiger partial charge in [0.2, 0.25) is 0 Å². The number of hydrogen-bond donors (Lipinski definition) is 0. The van der Waals surface area contributed by atoms with Crippen molar-refractivity contribution in [3.63, 3.8) is 0 Å². The van der Waals surface area contributed by atoms with Gasteiger partial charge in [0.05, 0.1) is 0 Å². The molecule has 3 radical (unpaired) electrons. The molecule has 0 amide bonds. The van der Waals surface area contributed by atoms with E-state index in [1.54, 1.807) is 0 Å². The molecule has 0 unspecified atom stereocenters. The zero-order valence-corrected chi connectivity index (χ0v) is 5.73. The molecule has 0 aromatic heterocycles. The Morgan fingerprint density at radius 2 is 1.50 bits per heavy atom. The third-order valence-corrected chi connectivity index (χ3v) is 0. The Morgan fingerprint density at radius 3 is 1.50 bits per heavy atom. The fraction of sp³-hybridized carbons (Fsp3) is 0. The molecule has 1 nitrogen and oxygen atoms in total. The average molecular weight is 77.9 g/mol. The molecule has 0 aliphatic rings. The average Bonchev–Trinajstić information content (AvgIpc) is 1.00. The summed E-state index contributed by atoms with van der Waals surface area (Å²) in [5.41, 5.74) is 0. The van der Waals surface area contributed by atoms with E-state index in [0.717, 1.165) is 0 Å². The third kappa shape index (κ3) is 10.8. The predicted octanol–water partition coefficient (Wildman–Crippen LogP) is -3.12. The van der Waals surface area contributed by atoms with E-state index in [9.17, 15) is 0 Å². The molecule has 15 valence electrons. The zero-order valence-electron chi connectivity index (χ0n) is 3.60. The molecular weight excluding hydrogens is 75.9 g/mol. The van der Waals surface area contributed by atoms with E-state index in [1.165, 1.54) is 0 Å². The molecule has 0 saturated heterocycles. The van der Waals surface area contributed by atoms with Gasteiger partial charge in [-0.3, -0.25) is 0 Å². The van der Waals surface area contributed by atoms with Crippen LogP contribution in [0.4, 0.5) is 0 Å². The van der Waals surface area contributed by atoms with Crippen molar-refractivity contribution in [3.8, 4) is 6.57 Å². The molecule has 4 heavy (non-hydrogen) atoms. The molecule has 0 atom stereocenters. The number of rotatable bonds is 0. The summed E-state index contributed by atoms with van der Waals surface area (Å²) < 4.78 is 0. The quantitative estimate of drug-likeness (QED) is 0.281. The van der Waals surface area contributed by atoms with E-state index < -0.39 is 0 Å². The maximum atomic E-state index is 6.50. The fourth-order valence-electron chi connectivity index (χ4n) is 0. The van der Waals surface area contributed by atoms with Crippen LogP contribution in [0.3, 0.4) is 0 Å². The topological polar surface area (TPSA) is 23.8 Å². The summed E-state index contributed by atoms with van der Waals surface area (Å²) in [6.07, 6.45) is 0. The second kappa shape index (κ2) is 30.1. The normalized spacial score (nSPS) is 0.500. The molecule has 0 aromatic rings. The second-order valence-corrected chi connectivity index (χ2v) is 0. The van der Waals surface area contributed by atoms with E-state index >= 15 is 0 Å². The summed E-state index contributed by atoms with van der Waals surface area (Å²) in [4.78, 5) is 0. The minimum absolute atomic E-state index is 0. The van der Waals surface area contributed by atoms with Crippen LogP contribution in [-0.4, -0.2) is 8.41 Å². The van der Waals surface area contributed by atoms with Crippen LogP contribution in [0.2, 0.25) is 0 Å². The van der Waals surface area contributed by atoms with Crippen molar-refractivity contribution in [1.82, 2.24) is 0 Å². The van der Waals surface area contributed by atoms with Crippen molar-refractivity contribution in [2.75, 3.05) is 0 Å². The van der Waals surface area contributed by atoms with Gasteiger partial charge in [-0.2, -0.15) is 0 Å². The molecule has 3 heteroatoms. The van der Waals surface area contributed by atoms with E-state index in [0.29, 0.717) is 0 Å². The molecule has 0 aliphatic heterocycles. The summed E-state index contributed by atoms with van der Waals surface area (Å²) in [5, 5.41) is 6.50. The summed E-state index contributed by atoms with van der Waals surface area (Å²) in [6, 6.07) is 0. The summed E-state index contributed by atoms with van der Waals surface area (Å²) in [5.74, 6) is 0. The summed E-state index contributed by atoms with van der Waals surface area (Å²) in [6.45, 7) is 3.50. The Labute approximate surface area is 71.9 Å². The summed E-state index contributed by atoms with van der Waals surface area (Å²) >= 11 is 0. The van der Waals surface area contributed by atoms with Gasteiger partial charge in [0.1, 0.15) is 0 Å². The van der Waals surface area contributed by atoms with Crippen LogP contribution in [0, 0.1) is 11.8 Å². The molecule has 0 bridgehead atoms. The van der Waals surface area contributed by atoms with Crippen molar-refractivity contribution >= 4 is 8.41 Å². The van der Waals surface area contributed by atoms with Gasteiger partial charge in [-0.05, 0) is 0 Å². The van der Waals surface area contributed by atoms with Crippen LogP contribution in [-0.2, 0) is 0 Å². The van der Waals surface area contributed by atoms with Crippen LogP contribution in [0.25, 0.3) is 0 Å². The van der Waals surface area contributed by atoms with Crippen LogP contribution < -0.4 is 51.4 Å². The Hall–Kier alpha value is 1.19. The third-order valence-electron chi connectivity index (χ3n) is 0. The molecule has 0 heterocycles. The zero-order chi connectivity index (χ0) is 2.00. The minimum atomic E-state index is 0. The van der Waals surface area contributed by atoms with E-state index in [1.807, 2.05) is 0 Å².